The standard InChI is InChI=1S/C16H18N2S/c1-16(15-6-9-19-12-15,13-4-7-17(2)10-13)14-5-8-18(3)11-14/h4-12H,1-3H3. The van der Waals surface area contributed by atoms with Gasteiger partial charge in [-0.1, -0.05) is 0 Å². The maximum Gasteiger partial charge on any atom is 0.0461 e. The highest BCUT2D eigenvalue weighted by Gasteiger charge is 2.32. The molecule has 0 spiro atoms. The van der Waals surface area contributed by atoms with Gasteiger partial charge in [0.2, 0.25) is 0 Å². The van der Waals surface area contributed by atoms with E-state index < -0.39 is 0 Å². The highest BCUT2D eigenvalue weighted by molar-refractivity contribution is 7.08. The third-order valence-corrected chi connectivity index (χ3v) is 4.60. The quantitative estimate of drug-likeness (QED) is 0.685. The van der Waals surface area contributed by atoms with Crippen molar-refractivity contribution in [3.05, 3.63) is 70.4 Å². The molecular weight excluding hydrogens is 252 g/mol. The van der Waals surface area contributed by atoms with E-state index in [4.69, 9.17) is 0 Å². The average molecular weight is 270 g/mol. The lowest BCUT2D eigenvalue weighted by atomic mass is 9.74. The first-order chi connectivity index (χ1) is 9.10. The van der Waals surface area contributed by atoms with Crippen LogP contribution in [0.5, 0.6) is 0 Å². The molecule has 3 heteroatoms. The van der Waals surface area contributed by atoms with Gasteiger partial charge in [0.15, 0.2) is 0 Å². The molecule has 0 atom stereocenters. The van der Waals surface area contributed by atoms with Crippen molar-refractivity contribution >= 4 is 11.3 Å². The van der Waals surface area contributed by atoms with Crippen molar-refractivity contribution in [3.8, 4) is 0 Å². The summed E-state index contributed by atoms with van der Waals surface area (Å²) in [5.74, 6) is 0. The number of hydrogen-bond donors (Lipinski definition) is 0. The number of aryl methyl sites for hydroxylation is 2. The van der Waals surface area contributed by atoms with Crippen molar-refractivity contribution < 1.29 is 0 Å². The molecule has 0 aromatic carbocycles. The van der Waals surface area contributed by atoms with Crippen LogP contribution < -0.4 is 0 Å². The summed E-state index contributed by atoms with van der Waals surface area (Å²) < 4.78 is 4.23. The van der Waals surface area contributed by atoms with Crippen molar-refractivity contribution in [1.82, 2.24) is 9.13 Å². The number of rotatable bonds is 3. The van der Waals surface area contributed by atoms with E-state index in [1.54, 1.807) is 11.3 Å². The molecule has 19 heavy (non-hydrogen) atoms. The zero-order valence-electron chi connectivity index (χ0n) is 11.5. The Balaban J connectivity index is 2.21. The highest BCUT2D eigenvalue weighted by atomic mass is 32.1. The van der Waals surface area contributed by atoms with Gasteiger partial charge in [0.25, 0.3) is 0 Å². The molecule has 0 aliphatic heterocycles. The highest BCUT2D eigenvalue weighted by Crippen LogP contribution is 2.39. The van der Waals surface area contributed by atoms with Gasteiger partial charge in [0.1, 0.15) is 0 Å². The van der Waals surface area contributed by atoms with Crippen LogP contribution >= 0.6 is 11.3 Å². The van der Waals surface area contributed by atoms with E-state index in [0.29, 0.717) is 0 Å². The molecule has 3 aromatic heterocycles. The molecule has 3 rings (SSSR count). The Morgan fingerprint density at radius 2 is 1.47 bits per heavy atom. The van der Waals surface area contributed by atoms with Crippen LogP contribution in [0, 0.1) is 0 Å². The third kappa shape index (κ3) is 1.94. The van der Waals surface area contributed by atoms with Crippen LogP contribution in [0.3, 0.4) is 0 Å². The van der Waals surface area contributed by atoms with E-state index in [-0.39, 0.29) is 5.41 Å². The van der Waals surface area contributed by atoms with Crippen molar-refractivity contribution in [2.24, 2.45) is 14.1 Å². The summed E-state index contributed by atoms with van der Waals surface area (Å²) in [6.07, 6.45) is 8.65. The van der Waals surface area contributed by atoms with Gasteiger partial charge in [-0.15, -0.1) is 0 Å². The lowest BCUT2D eigenvalue weighted by molar-refractivity contribution is 0.690. The Bertz CT molecular complexity index is 633. The Labute approximate surface area is 117 Å². The van der Waals surface area contributed by atoms with Crippen molar-refractivity contribution in [1.29, 1.82) is 0 Å². The van der Waals surface area contributed by atoms with Gasteiger partial charge >= 0.3 is 0 Å². The largest absolute Gasteiger partial charge is 0.357 e. The van der Waals surface area contributed by atoms with Gasteiger partial charge in [-0.05, 0) is 52.6 Å². The summed E-state index contributed by atoms with van der Waals surface area (Å²) in [5.41, 5.74) is 3.94. The molecule has 0 saturated heterocycles. The molecule has 0 bridgehead atoms. The number of nitrogens with zero attached hydrogens (tertiary/aromatic N) is 2. The number of hydrogen-bond acceptors (Lipinski definition) is 1. The summed E-state index contributed by atoms with van der Waals surface area (Å²) in [6.45, 7) is 2.31. The van der Waals surface area contributed by atoms with E-state index in [9.17, 15) is 0 Å². The van der Waals surface area contributed by atoms with Gasteiger partial charge in [0.05, 0.1) is 0 Å². The van der Waals surface area contributed by atoms with Gasteiger partial charge < -0.3 is 9.13 Å². The Hall–Kier alpha value is -1.74. The van der Waals surface area contributed by atoms with Crippen LogP contribution in [-0.4, -0.2) is 9.13 Å². The monoisotopic (exact) mass is 270 g/mol. The van der Waals surface area contributed by atoms with Crippen LogP contribution in [-0.2, 0) is 19.5 Å². The van der Waals surface area contributed by atoms with Gasteiger partial charge in [-0.3, -0.25) is 0 Å². The van der Waals surface area contributed by atoms with E-state index >= 15 is 0 Å². The van der Waals surface area contributed by atoms with Crippen molar-refractivity contribution in [2.75, 3.05) is 0 Å². The van der Waals surface area contributed by atoms with E-state index in [2.05, 4.69) is 83.9 Å². The van der Waals surface area contributed by atoms with Gasteiger partial charge in [-0.2, -0.15) is 11.3 Å². The molecule has 0 N–H and O–H groups in total. The fourth-order valence-electron chi connectivity index (χ4n) is 2.65. The van der Waals surface area contributed by atoms with Crippen LogP contribution in [0.1, 0.15) is 23.6 Å². The molecule has 0 saturated carbocycles. The predicted molar refractivity (Wildman–Crippen MR) is 80.7 cm³/mol. The Kier molecular flexibility index (Phi) is 2.86. The topological polar surface area (TPSA) is 9.86 Å². The summed E-state index contributed by atoms with van der Waals surface area (Å²) in [6, 6.07) is 6.65. The SMILES string of the molecule is Cn1ccc(C(C)(c2ccsc2)c2ccn(C)c2)c1. The molecule has 3 aromatic rings. The first-order valence-corrected chi connectivity index (χ1v) is 7.32. The molecule has 0 radical (unpaired) electrons. The molecule has 0 fully saturated rings. The second kappa shape index (κ2) is 4.42. The lowest BCUT2D eigenvalue weighted by Gasteiger charge is -2.28. The van der Waals surface area contributed by atoms with Crippen molar-refractivity contribution in [2.45, 2.75) is 12.3 Å². The molecule has 0 aliphatic rings. The minimum absolute atomic E-state index is 0.0808. The molecule has 0 aliphatic carbocycles. The first-order valence-electron chi connectivity index (χ1n) is 6.38. The number of aromatic nitrogens is 2. The predicted octanol–water partition coefficient (Wildman–Crippen LogP) is 3.78. The average Bonchev–Trinajstić information content (AvgIpc) is 3.08. The zero-order chi connectivity index (χ0) is 13.5. The van der Waals surface area contributed by atoms with E-state index in [1.807, 2.05) is 0 Å². The molecule has 2 nitrogen and oxygen atoms in total. The van der Waals surface area contributed by atoms with Crippen LogP contribution in [0.25, 0.3) is 0 Å². The van der Waals surface area contributed by atoms with Crippen LogP contribution in [0.2, 0.25) is 0 Å². The lowest BCUT2D eigenvalue weighted by Crippen LogP contribution is -2.23. The summed E-state index contributed by atoms with van der Waals surface area (Å²) in [4.78, 5) is 0. The first kappa shape index (κ1) is 12.3. The second-order valence-corrected chi connectivity index (χ2v) is 6.05. The molecule has 98 valence electrons. The maximum atomic E-state index is 2.31. The zero-order valence-corrected chi connectivity index (χ0v) is 12.3. The van der Waals surface area contributed by atoms with E-state index in [1.165, 1.54) is 16.7 Å². The number of thiophene rings is 1. The smallest absolute Gasteiger partial charge is 0.0461 e. The van der Waals surface area contributed by atoms with E-state index in [0.717, 1.165) is 0 Å². The summed E-state index contributed by atoms with van der Waals surface area (Å²) in [7, 11) is 4.14. The minimum atomic E-state index is -0.0808. The summed E-state index contributed by atoms with van der Waals surface area (Å²) in [5, 5.41) is 4.40. The second-order valence-electron chi connectivity index (χ2n) is 5.27. The van der Waals surface area contributed by atoms with Crippen LogP contribution in [0.15, 0.2) is 53.7 Å². The third-order valence-electron chi connectivity index (χ3n) is 3.92. The Morgan fingerprint density at radius 3 is 1.84 bits per heavy atom. The summed E-state index contributed by atoms with van der Waals surface area (Å²) >= 11 is 1.76. The van der Waals surface area contributed by atoms with Gasteiger partial charge in [-0.25, -0.2) is 0 Å². The minimum Gasteiger partial charge on any atom is -0.357 e. The van der Waals surface area contributed by atoms with Gasteiger partial charge in [0, 0.05) is 44.3 Å². The Morgan fingerprint density at radius 1 is 0.895 bits per heavy atom. The fourth-order valence-corrected chi connectivity index (χ4v) is 3.41. The van der Waals surface area contributed by atoms with Crippen molar-refractivity contribution in [3.63, 3.8) is 0 Å². The molecular formula is C16H18N2S. The molecule has 0 amide bonds. The fraction of sp³-hybridized carbons (Fsp3) is 0.250. The maximum absolute atomic E-state index is 2.31. The van der Waals surface area contributed by atoms with Crippen LogP contribution in [0.4, 0.5) is 0 Å². The molecule has 0 unspecified atom stereocenters. The normalized spacial score (nSPS) is 11.9. The molecule has 3 heterocycles.